The van der Waals surface area contributed by atoms with E-state index in [1.165, 1.54) is 18.2 Å². The molecule has 1 atom stereocenters. The average molecular weight is 414 g/mol. The average Bonchev–Trinajstić information content (AvgIpc) is 2.74. The lowest BCUT2D eigenvalue weighted by molar-refractivity contribution is -0.122. The van der Waals surface area contributed by atoms with E-state index in [1.54, 1.807) is 24.3 Å². The van der Waals surface area contributed by atoms with Gasteiger partial charge in [0.1, 0.15) is 0 Å². The fourth-order valence-electron chi connectivity index (χ4n) is 3.38. The van der Waals surface area contributed by atoms with Crippen molar-refractivity contribution in [1.29, 1.82) is 0 Å². The van der Waals surface area contributed by atoms with Crippen molar-refractivity contribution in [3.05, 3.63) is 76.9 Å². The SMILES string of the molecule is CNS(=O)(=O)c1ccc(CCNC(=O)C(N)Cc2ccc3c(c2)CC=CC3)cc1. The highest BCUT2D eigenvalue weighted by atomic mass is 32.2. The molecular formula is C22H27N3O3S. The van der Waals surface area contributed by atoms with E-state index < -0.39 is 16.1 Å². The number of amides is 1. The number of sulfonamides is 1. The molecule has 1 aliphatic rings. The monoisotopic (exact) mass is 413 g/mol. The van der Waals surface area contributed by atoms with Gasteiger partial charge in [0.25, 0.3) is 0 Å². The first-order valence-corrected chi connectivity index (χ1v) is 11.2. The Morgan fingerprint density at radius 1 is 1.03 bits per heavy atom. The molecule has 7 heteroatoms. The van der Waals surface area contributed by atoms with Crippen LogP contribution in [-0.4, -0.2) is 34.0 Å². The summed E-state index contributed by atoms with van der Waals surface area (Å²) >= 11 is 0. The molecule has 6 nitrogen and oxygen atoms in total. The molecule has 2 aromatic carbocycles. The van der Waals surface area contributed by atoms with Crippen molar-refractivity contribution >= 4 is 15.9 Å². The van der Waals surface area contributed by atoms with Gasteiger partial charge in [-0.25, -0.2) is 13.1 Å². The van der Waals surface area contributed by atoms with Crippen molar-refractivity contribution in [2.24, 2.45) is 5.73 Å². The molecule has 0 radical (unpaired) electrons. The highest BCUT2D eigenvalue weighted by Gasteiger charge is 2.15. The summed E-state index contributed by atoms with van der Waals surface area (Å²) in [7, 11) is -2.06. The predicted octanol–water partition coefficient (Wildman–Crippen LogP) is 1.48. The molecule has 0 aliphatic heterocycles. The molecule has 0 fully saturated rings. The summed E-state index contributed by atoms with van der Waals surface area (Å²) < 4.78 is 25.8. The van der Waals surface area contributed by atoms with Crippen LogP contribution < -0.4 is 15.8 Å². The quantitative estimate of drug-likeness (QED) is 0.571. The number of carbonyl (C=O) groups is 1. The van der Waals surface area contributed by atoms with E-state index in [1.807, 2.05) is 6.07 Å². The number of nitrogens with two attached hydrogens (primary N) is 1. The van der Waals surface area contributed by atoms with Crippen molar-refractivity contribution < 1.29 is 13.2 Å². The molecule has 1 unspecified atom stereocenters. The molecule has 1 amide bonds. The lowest BCUT2D eigenvalue weighted by Gasteiger charge is -2.16. The summed E-state index contributed by atoms with van der Waals surface area (Å²) in [5, 5.41) is 2.86. The normalized spacial score (nSPS) is 14.3. The summed E-state index contributed by atoms with van der Waals surface area (Å²) in [4.78, 5) is 12.5. The standard InChI is InChI=1S/C22H27N3O3S/c1-24-29(27,28)20-10-7-16(8-11-20)12-13-25-22(26)21(23)15-17-6-9-18-4-2-3-5-19(18)14-17/h2-3,6-11,14,21,24H,4-5,12-13,15,23H2,1H3,(H,25,26). The molecule has 1 aliphatic carbocycles. The van der Waals surface area contributed by atoms with Crippen LogP contribution in [-0.2, 0) is 40.5 Å². The topological polar surface area (TPSA) is 101 Å². The predicted molar refractivity (Wildman–Crippen MR) is 114 cm³/mol. The molecule has 154 valence electrons. The summed E-state index contributed by atoms with van der Waals surface area (Å²) in [6.45, 7) is 0.444. The molecule has 0 saturated heterocycles. The van der Waals surface area contributed by atoms with Crippen LogP contribution >= 0.6 is 0 Å². The molecule has 0 aromatic heterocycles. The lowest BCUT2D eigenvalue weighted by atomic mass is 9.93. The van der Waals surface area contributed by atoms with Gasteiger partial charge in [-0.1, -0.05) is 42.5 Å². The zero-order chi connectivity index (χ0) is 20.9. The molecule has 0 bridgehead atoms. The first kappa shape index (κ1) is 21.2. The largest absolute Gasteiger partial charge is 0.354 e. The van der Waals surface area contributed by atoms with E-state index in [2.05, 4.69) is 34.3 Å². The first-order valence-electron chi connectivity index (χ1n) is 9.70. The van der Waals surface area contributed by atoms with Crippen LogP contribution in [0, 0.1) is 0 Å². The Hall–Kier alpha value is -2.48. The number of rotatable bonds is 8. The molecule has 0 heterocycles. The van der Waals surface area contributed by atoms with Gasteiger partial charge in [-0.2, -0.15) is 0 Å². The van der Waals surface area contributed by atoms with Gasteiger partial charge in [0, 0.05) is 6.54 Å². The highest BCUT2D eigenvalue weighted by molar-refractivity contribution is 7.89. The van der Waals surface area contributed by atoms with Gasteiger partial charge >= 0.3 is 0 Å². The molecule has 29 heavy (non-hydrogen) atoms. The third-order valence-electron chi connectivity index (χ3n) is 5.12. The molecule has 0 spiro atoms. The maximum atomic E-state index is 12.3. The van der Waals surface area contributed by atoms with Crippen LogP contribution in [0.4, 0.5) is 0 Å². The van der Waals surface area contributed by atoms with Gasteiger partial charge in [0.05, 0.1) is 10.9 Å². The summed E-state index contributed by atoms with van der Waals surface area (Å²) in [5.74, 6) is -0.183. The van der Waals surface area contributed by atoms with E-state index in [4.69, 9.17) is 5.73 Å². The Morgan fingerprint density at radius 3 is 2.38 bits per heavy atom. The van der Waals surface area contributed by atoms with E-state index in [-0.39, 0.29) is 10.8 Å². The van der Waals surface area contributed by atoms with Gasteiger partial charge < -0.3 is 11.1 Å². The number of nitrogens with one attached hydrogen (secondary N) is 2. The highest BCUT2D eigenvalue weighted by Crippen LogP contribution is 2.19. The third-order valence-corrected chi connectivity index (χ3v) is 6.55. The molecule has 3 rings (SSSR count). The number of carbonyl (C=O) groups excluding carboxylic acids is 1. The van der Waals surface area contributed by atoms with Crippen molar-refractivity contribution in [3.8, 4) is 0 Å². The Kier molecular flexibility index (Phi) is 6.84. The van der Waals surface area contributed by atoms with Gasteiger partial charge in [-0.05, 0) is 67.1 Å². The van der Waals surface area contributed by atoms with E-state index in [0.29, 0.717) is 19.4 Å². The summed E-state index contributed by atoms with van der Waals surface area (Å²) in [6, 6.07) is 12.3. The van der Waals surface area contributed by atoms with Gasteiger partial charge in [-0.15, -0.1) is 0 Å². The van der Waals surface area contributed by atoms with Gasteiger partial charge in [0.2, 0.25) is 15.9 Å². The van der Waals surface area contributed by atoms with Crippen LogP contribution in [0.2, 0.25) is 0 Å². The Balaban J connectivity index is 1.48. The zero-order valence-electron chi connectivity index (χ0n) is 16.5. The van der Waals surface area contributed by atoms with Gasteiger partial charge in [0.15, 0.2) is 0 Å². The smallest absolute Gasteiger partial charge is 0.240 e. The van der Waals surface area contributed by atoms with Crippen LogP contribution in [0.15, 0.2) is 59.5 Å². The maximum absolute atomic E-state index is 12.3. The second kappa shape index (κ2) is 9.35. The minimum absolute atomic E-state index is 0.183. The summed E-state index contributed by atoms with van der Waals surface area (Å²) in [6.07, 6.45) is 7.33. The fourth-order valence-corrected chi connectivity index (χ4v) is 4.11. The number of fused-ring (bicyclic) bond motifs is 1. The van der Waals surface area contributed by atoms with Gasteiger partial charge in [-0.3, -0.25) is 4.79 Å². The number of hydrogen-bond acceptors (Lipinski definition) is 4. The van der Waals surface area contributed by atoms with E-state index >= 15 is 0 Å². The van der Waals surface area contributed by atoms with Crippen molar-refractivity contribution in [3.63, 3.8) is 0 Å². The first-order chi connectivity index (χ1) is 13.9. The van der Waals surface area contributed by atoms with E-state index in [9.17, 15) is 13.2 Å². The molecular weight excluding hydrogens is 386 g/mol. The molecule has 4 N–H and O–H groups in total. The minimum atomic E-state index is -3.44. The Labute approximate surface area is 172 Å². The van der Waals surface area contributed by atoms with Crippen LogP contribution in [0.25, 0.3) is 0 Å². The number of benzene rings is 2. The fraction of sp³-hybridized carbons (Fsp3) is 0.318. The maximum Gasteiger partial charge on any atom is 0.240 e. The summed E-state index contributed by atoms with van der Waals surface area (Å²) in [5.41, 5.74) is 10.7. The lowest BCUT2D eigenvalue weighted by Crippen LogP contribution is -2.42. The minimum Gasteiger partial charge on any atom is -0.354 e. The van der Waals surface area contributed by atoms with Crippen molar-refractivity contribution in [1.82, 2.24) is 10.0 Å². The molecule has 2 aromatic rings. The van der Waals surface area contributed by atoms with Crippen LogP contribution in [0.3, 0.4) is 0 Å². The zero-order valence-corrected chi connectivity index (χ0v) is 17.3. The van der Waals surface area contributed by atoms with Crippen LogP contribution in [0.1, 0.15) is 22.3 Å². The molecule has 0 saturated carbocycles. The van der Waals surface area contributed by atoms with Crippen molar-refractivity contribution in [2.45, 2.75) is 36.6 Å². The Morgan fingerprint density at radius 2 is 1.69 bits per heavy atom. The number of hydrogen-bond donors (Lipinski definition) is 3. The van der Waals surface area contributed by atoms with Crippen LogP contribution in [0.5, 0.6) is 0 Å². The third kappa shape index (κ3) is 5.53. The number of allylic oxidation sites excluding steroid dienone is 2. The Bertz CT molecular complexity index is 998. The second-order valence-corrected chi connectivity index (χ2v) is 9.07. The van der Waals surface area contributed by atoms with E-state index in [0.717, 1.165) is 24.0 Å². The van der Waals surface area contributed by atoms with Crippen molar-refractivity contribution in [2.75, 3.05) is 13.6 Å². The second-order valence-electron chi connectivity index (χ2n) is 7.19.